The Labute approximate surface area is 108 Å². The number of para-hydroxylation sites is 1. The highest BCUT2D eigenvalue weighted by Gasteiger charge is 2.08. The lowest BCUT2D eigenvalue weighted by Gasteiger charge is -2.12. The monoisotopic (exact) mass is 251 g/mol. The summed E-state index contributed by atoms with van der Waals surface area (Å²) in [5.74, 6) is 1.29. The zero-order valence-electron chi connectivity index (χ0n) is 11.1. The fraction of sp³-hybridized carbons (Fsp3) is 0.500. The molecule has 0 saturated heterocycles. The Morgan fingerprint density at radius 2 is 2.11 bits per heavy atom. The van der Waals surface area contributed by atoms with Crippen molar-refractivity contribution in [2.24, 2.45) is 5.16 Å². The van der Waals surface area contributed by atoms with Crippen LogP contribution in [0, 0.1) is 0 Å². The minimum absolute atomic E-state index is 0.634. The highest BCUT2D eigenvalue weighted by Crippen LogP contribution is 2.30. The number of benzene rings is 1. The molecule has 1 aromatic carbocycles. The molecule has 4 nitrogen and oxygen atoms in total. The molecule has 0 aliphatic carbocycles. The van der Waals surface area contributed by atoms with E-state index in [9.17, 15) is 0 Å². The van der Waals surface area contributed by atoms with E-state index in [4.69, 9.17) is 14.7 Å². The van der Waals surface area contributed by atoms with Gasteiger partial charge in [0, 0.05) is 5.56 Å². The minimum atomic E-state index is 0.634. The standard InChI is InChI=1S/C14H21NO3/c1-3-4-5-6-10-18-14-12(11-15-16)8-7-9-13(14)17-2/h7-9,11,16H,3-6,10H2,1-2H3. The van der Waals surface area contributed by atoms with Gasteiger partial charge in [-0.05, 0) is 18.6 Å². The second-order valence-electron chi connectivity index (χ2n) is 4.03. The number of nitrogens with zero attached hydrogens (tertiary/aromatic N) is 1. The van der Waals surface area contributed by atoms with Crippen molar-refractivity contribution in [1.82, 2.24) is 0 Å². The number of methoxy groups -OCH3 is 1. The van der Waals surface area contributed by atoms with E-state index in [0.717, 1.165) is 12.8 Å². The van der Waals surface area contributed by atoms with Crippen LogP contribution in [0.3, 0.4) is 0 Å². The van der Waals surface area contributed by atoms with E-state index in [1.54, 1.807) is 7.11 Å². The van der Waals surface area contributed by atoms with Crippen molar-refractivity contribution < 1.29 is 14.7 Å². The van der Waals surface area contributed by atoms with Crippen molar-refractivity contribution in [2.45, 2.75) is 32.6 Å². The molecule has 0 radical (unpaired) electrons. The Kier molecular flexibility index (Phi) is 6.69. The third kappa shape index (κ3) is 4.28. The van der Waals surface area contributed by atoms with E-state index >= 15 is 0 Å². The molecule has 0 aliphatic heterocycles. The van der Waals surface area contributed by atoms with Crippen LogP contribution in [0.15, 0.2) is 23.4 Å². The summed E-state index contributed by atoms with van der Waals surface area (Å²) >= 11 is 0. The maximum atomic E-state index is 8.62. The Hall–Kier alpha value is -1.71. The zero-order chi connectivity index (χ0) is 13.2. The summed E-state index contributed by atoms with van der Waals surface area (Å²) in [5.41, 5.74) is 0.715. The third-order valence-corrected chi connectivity index (χ3v) is 2.67. The molecule has 0 spiro atoms. The molecule has 0 aromatic heterocycles. The summed E-state index contributed by atoms with van der Waals surface area (Å²) in [5, 5.41) is 11.7. The van der Waals surface area contributed by atoms with Gasteiger partial charge in [-0.2, -0.15) is 0 Å². The minimum Gasteiger partial charge on any atom is -0.493 e. The van der Waals surface area contributed by atoms with Gasteiger partial charge in [0.05, 0.1) is 19.9 Å². The molecule has 0 atom stereocenters. The fourth-order valence-corrected chi connectivity index (χ4v) is 1.71. The normalized spacial score (nSPS) is 10.8. The average Bonchev–Trinajstić information content (AvgIpc) is 2.40. The number of rotatable bonds is 8. The molecule has 1 N–H and O–H groups in total. The van der Waals surface area contributed by atoms with E-state index < -0.39 is 0 Å². The molecule has 0 fully saturated rings. The molecule has 4 heteroatoms. The van der Waals surface area contributed by atoms with Gasteiger partial charge in [-0.25, -0.2) is 0 Å². The smallest absolute Gasteiger partial charge is 0.170 e. The van der Waals surface area contributed by atoms with Crippen LogP contribution in [-0.2, 0) is 0 Å². The highest BCUT2D eigenvalue weighted by molar-refractivity contribution is 5.84. The topological polar surface area (TPSA) is 51.0 Å². The lowest BCUT2D eigenvalue weighted by Crippen LogP contribution is -2.02. The van der Waals surface area contributed by atoms with Crippen LogP contribution in [0.25, 0.3) is 0 Å². The summed E-state index contributed by atoms with van der Waals surface area (Å²) in [6.07, 6.45) is 5.96. The summed E-state index contributed by atoms with van der Waals surface area (Å²) in [7, 11) is 1.60. The van der Waals surface area contributed by atoms with Crippen LogP contribution in [-0.4, -0.2) is 25.1 Å². The predicted molar refractivity (Wildman–Crippen MR) is 72.0 cm³/mol. The van der Waals surface area contributed by atoms with E-state index in [1.165, 1.54) is 19.1 Å². The van der Waals surface area contributed by atoms with Crippen molar-refractivity contribution in [3.05, 3.63) is 23.8 Å². The number of hydrogen-bond acceptors (Lipinski definition) is 4. The van der Waals surface area contributed by atoms with Crippen molar-refractivity contribution in [3.8, 4) is 11.5 Å². The number of unbranched alkanes of at least 4 members (excludes halogenated alkanes) is 3. The van der Waals surface area contributed by atoms with Crippen molar-refractivity contribution >= 4 is 6.21 Å². The van der Waals surface area contributed by atoms with Crippen molar-refractivity contribution in [2.75, 3.05) is 13.7 Å². The van der Waals surface area contributed by atoms with Gasteiger partial charge < -0.3 is 14.7 Å². The fourth-order valence-electron chi connectivity index (χ4n) is 1.71. The van der Waals surface area contributed by atoms with E-state index in [1.807, 2.05) is 18.2 Å². The Morgan fingerprint density at radius 1 is 1.28 bits per heavy atom. The maximum absolute atomic E-state index is 8.62. The number of ether oxygens (including phenoxy) is 2. The summed E-state index contributed by atoms with van der Waals surface area (Å²) in [4.78, 5) is 0. The third-order valence-electron chi connectivity index (χ3n) is 2.67. The first-order valence-corrected chi connectivity index (χ1v) is 6.30. The number of oxime groups is 1. The van der Waals surface area contributed by atoms with Crippen LogP contribution in [0.1, 0.15) is 38.2 Å². The molecule has 1 rings (SSSR count). The summed E-state index contributed by atoms with van der Waals surface area (Å²) in [6.45, 7) is 2.82. The SMILES string of the molecule is CCCCCCOc1c(C=NO)cccc1OC. The molecule has 0 unspecified atom stereocenters. The van der Waals surface area contributed by atoms with Crippen LogP contribution in [0.5, 0.6) is 11.5 Å². The first-order chi connectivity index (χ1) is 8.83. The van der Waals surface area contributed by atoms with Crippen molar-refractivity contribution in [3.63, 3.8) is 0 Å². The summed E-state index contributed by atoms with van der Waals surface area (Å²) < 4.78 is 11.0. The molecule has 18 heavy (non-hydrogen) atoms. The van der Waals surface area contributed by atoms with Gasteiger partial charge in [-0.1, -0.05) is 37.4 Å². The highest BCUT2D eigenvalue weighted by atomic mass is 16.5. The quantitative estimate of drug-likeness (QED) is 0.333. The lowest BCUT2D eigenvalue weighted by molar-refractivity contribution is 0.284. The second kappa shape index (κ2) is 8.39. The lowest BCUT2D eigenvalue weighted by atomic mass is 10.2. The van der Waals surface area contributed by atoms with E-state index in [-0.39, 0.29) is 0 Å². The van der Waals surface area contributed by atoms with Gasteiger partial charge in [0.2, 0.25) is 0 Å². The first-order valence-electron chi connectivity index (χ1n) is 6.30. The van der Waals surface area contributed by atoms with Gasteiger partial charge >= 0.3 is 0 Å². The maximum Gasteiger partial charge on any atom is 0.170 e. The Morgan fingerprint density at radius 3 is 2.78 bits per heavy atom. The Balaban J connectivity index is 2.66. The van der Waals surface area contributed by atoms with Crippen LogP contribution in [0.2, 0.25) is 0 Å². The number of hydrogen-bond donors (Lipinski definition) is 1. The van der Waals surface area contributed by atoms with Crippen molar-refractivity contribution in [1.29, 1.82) is 0 Å². The summed E-state index contributed by atoms with van der Waals surface area (Å²) in [6, 6.07) is 5.49. The van der Waals surface area contributed by atoms with E-state index in [2.05, 4.69) is 12.1 Å². The molecule has 0 amide bonds. The first kappa shape index (κ1) is 14.4. The predicted octanol–water partition coefficient (Wildman–Crippen LogP) is 3.46. The van der Waals surface area contributed by atoms with Gasteiger partial charge in [0.1, 0.15) is 0 Å². The molecule has 0 aliphatic rings. The van der Waals surface area contributed by atoms with Crippen LogP contribution < -0.4 is 9.47 Å². The molecule has 0 heterocycles. The Bertz CT molecular complexity index is 377. The van der Waals surface area contributed by atoms with Gasteiger partial charge in [0.15, 0.2) is 11.5 Å². The van der Waals surface area contributed by atoms with E-state index in [0.29, 0.717) is 23.7 Å². The van der Waals surface area contributed by atoms with Gasteiger partial charge in [0.25, 0.3) is 0 Å². The van der Waals surface area contributed by atoms with Gasteiger partial charge in [-0.15, -0.1) is 0 Å². The molecule has 0 bridgehead atoms. The molecule has 0 saturated carbocycles. The second-order valence-corrected chi connectivity index (χ2v) is 4.03. The molecular formula is C14H21NO3. The molecule has 1 aromatic rings. The van der Waals surface area contributed by atoms with Crippen LogP contribution >= 0.6 is 0 Å². The largest absolute Gasteiger partial charge is 0.493 e. The zero-order valence-corrected chi connectivity index (χ0v) is 11.1. The van der Waals surface area contributed by atoms with Gasteiger partial charge in [-0.3, -0.25) is 0 Å². The van der Waals surface area contributed by atoms with Crippen LogP contribution in [0.4, 0.5) is 0 Å². The molecule has 100 valence electrons. The average molecular weight is 251 g/mol. The molecular weight excluding hydrogens is 230 g/mol.